The van der Waals surface area contributed by atoms with Crippen molar-refractivity contribution < 1.29 is 22.4 Å². The average molecular weight is 540 g/mol. The summed E-state index contributed by atoms with van der Waals surface area (Å²) in [5.41, 5.74) is 2.15. The smallest absolute Gasteiger partial charge is 0.240 e. The molecule has 1 spiro atoms. The Labute approximate surface area is 217 Å². The average Bonchev–Trinajstić information content (AvgIpc) is 3.68. The van der Waals surface area contributed by atoms with Gasteiger partial charge in [0, 0.05) is 43.7 Å². The number of carbonyl (C=O) groups is 1. The van der Waals surface area contributed by atoms with E-state index >= 15 is 0 Å². The number of sulfonamides is 1. The Morgan fingerprint density at radius 1 is 1.22 bits per heavy atom. The second-order valence-electron chi connectivity index (χ2n) is 9.31. The maximum atomic E-state index is 13.2. The molecule has 4 aromatic rings. The maximum Gasteiger partial charge on any atom is 0.240 e. The first-order chi connectivity index (χ1) is 17.8. The number of ether oxygens (including phenoxy) is 1. The van der Waals surface area contributed by atoms with Crippen LogP contribution in [0.2, 0.25) is 0 Å². The van der Waals surface area contributed by atoms with E-state index in [-0.39, 0.29) is 17.3 Å². The van der Waals surface area contributed by atoms with Crippen molar-refractivity contribution in [3.63, 3.8) is 0 Å². The molecule has 2 aliphatic heterocycles. The van der Waals surface area contributed by atoms with Gasteiger partial charge in [-0.25, -0.2) is 23.1 Å². The first-order valence-electron chi connectivity index (χ1n) is 11.8. The number of amides is 1. The SMILES string of the molecule is COc1ccc2nc(N3CC4(CCN(C(C)=O)C4)c4cc(S(=O)(=O)NCc5ccco5)ccc43)sc2n1. The van der Waals surface area contributed by atoms with Gasteiger partial charge in [0.05, 0.1) is 24.8 Å². The highest BCUT2D eigenvalue weighted by atomic mass is 32.2. The minimum atomic E-state index is -3.79. The normalized spacial score (nSPS) is 19.2. The standard InChI is InChI=1S/C25H25N5O5S2/c1-16(31)29-10-9-25(14-29)15-30(24-27-20-6-8-22(34-2)28-23(20)36-24)21-7-5-18(12-19(21)25)37(32,33)26-13-17-4-3-11-35-17/h3-8,11-12,26H,9-10,13-15H2,1-2H3. The van der Waals surface area contributed by atoms with E-state index in [9.17, 15) is 13.2 Å². The second kappa shape index (κ2) is 8.82. The van der Waals surface area contributed by atoms with Crippen LogP contribution in [0.25, 0.3) is 10.3 Å². The maximum absolute atomic E-state index is 13.2. The Kier molecular flexibility index (Phi) is 5.70. The highest BCUT2D eigenvalue weighted by Crippen LogP contribution is 2.50. The van der Waals surface area contributed by atoms with Gasteiger partial charge in [0.2, 0.25) is 21.8 Å². The van der Waals surface area contributed by atoms with E-state index in [4.69, 9.17) is 14.1 Å². The molecule has 1 N–H and O–H groups in total. The summed E-state index contributed by atoms with van der Waals surface area (Å²) in [5, 5.41) is 0.765. The first-order valence-corrected chi connectivity index (χ1v) is 14.1. The number of rotatable bonds is 6. The Morgan fingerprint density at radius 2 is 2.08 bits per heavy atom. The van der Waals surface area contributed by atoms with Gasteiger partial charge in [-0.05, 0) is 48.4 Å². The van der Waals surface area contributed by atoms with E-state index < -0.39 is 15.4 Å². The Bertz CT molecular complexity index is 1600. The summed E-state index contributed by atoms with van der Waals surface area (Å²) in [6.07, 6.45) is 2.24. The summed E-state index contributed by atoms with van der Waals surface area (Å²) >= 11 is 1.46. The lowest BCUT2D eigenvalue weighted by atomic mass is 9.81. The number of aromatic nitrogens is 2. The number of carbonyl (C=O) groups excluding carboxylic acids is 1. The molecule has 192 valence electrons. The molecule has 1 amide bonds. The molecule has 5 heterocycles. The largest absolute Gasteiger partial charge is 0.481 e. The zero-order valence-corrected chi connectivity index (χ0v) is 21.9. The zero-order valence-electron chi connectivity index (χ0n) is 20.3. The van der Waals surface area contributed by atoms with Crippen LogP contribution in [-0.4, -0.2) is 55.9 Å². The number of anilines is 2. The quantitative estimate of drug-likeness (QED) is 0.396. The highest BCUT2D eigenvalue weighted by molar-refractivity contribution is 7.89. The summed E-state index contributed by atoms with van der Waals surface area (Å²) < 4.78 is 39.5. The predicted octanol–water partition coefficient (Wildman–Crippen LogP) is 3.41. The van der Waals surface area contributed by atoms with Crippen molar-refractivity contribution in [3.8, 4) is 5.88 Å². The molecule has 10 nitrogen and oxygen atoms in total. The molecule has 0 saturated carbocycles. The van der Waals surface area contributed by atoms with E-state index in [0.717, 1.165) is 33.2 Å². The lowest BCUT2D eigenvalue weighted by Gasteiger charge is -2.25. The molecule has 2 aliphatic rings. The number of methoxy groups -OCH3 is 1. The first kappa shape index (κ1) is 23.9. The number of nitrogens with zero attached hydrogens (tertiary/aromatic N) is 4. The van der Waals surface area contributed by atoms with Crippen molar-refractivity contribution in [2.45, 2.75) is 30.2 Å². The minimum absolute atomic E-state index is 0.0112. The number of hydrogen-bond donors (Lipinski definition) is 1. The predicted molar refractivity (Wildman–Crippen MR) is 139 cm³/mol. The van der Waals surface area contributed by atoms with Crippen LogP contribution in [0.4, 0.5) is 10.8 Å². The van der Waals surface area contributed by atoms with Crippen LogP contribution >= 0.6 is 11.3 Å². The van der Waals surface area contributed by atoms with Crippen LogP contribution in [0.1, 0.15) is 24.7 Å². The van der Waals surface area contributed by atoms with Crippen molar-refractivity contribution in [2.75, 3.05) is 31.6 Å². The highest BCUT2D eigenvalue weighted by Gasteiger charge is 2.49. The molecule has 37 heavy (non-hydrogen) atoms. The summed E-state index contributed by atoms with van der Waals surface area (Å²) in [6, 6.07) is 12.3. The van der Waals surface area contributed by atoms with Crippen LogP contribution < -0.4 is 14.4 Å². The van der Waals surface area contributed by atoms with Gasteiger partial charge in [0.1, 0.15) is 16.1 Å². The van der Waals surface area contributed by atoms with Crippen LogP contribution in [0.5, 0.6) is 5.88 Å². The molecular formula is C25H25N5O5S2. The fraction of sp³-hybridized carbons (Fsp3) is 0.320. The van der Waals surface area contributed by atoms with Crippen LogP contribution in [-0.2, 0) is 26.8 Å². The van der Waals surface area contributed by atoms with Crippen LogP contribution in [0, 0.1) is 0 Å². The Morgan fingerprint density at radius 3 is 2.81 bits per heavy atom. The van der Waals surface area contributed by atoms with E-state index in [2.05, 4.69) is 14.6 Å². The minimum Gasteiger partial charge on any atom is -0.481 e. The third-order valence-electron chi connectivity index (χ3n) is 7.08. The molecule has 1 aromatic carbocycles. The number of nitrogens with one attached hydrogen (secondary N) is 1. The molecule has 0 aliphatic carbocycles. The third-order valence-corrected chi connectivity index (χ3v) is 9.46. The summed E-state index contributed by atoms with van der Waals surface area (Å²) in [5.74, 6) is 1.06. The number of thiazole rings is 1. The van der Waals surface area contributed by atoms with Gasteiger partial charge in [-0.2, -0.15) is 0 Å². The van der Waals surface area contributed by atoms with Gasteiger partial charge < -0.3 is 19.0 Å². The lowest BCUT2D eigenvalue weighted by molar-refractivity contribution is -0.127. The molecule has 3 aromatic heterocycles. The summed E-state index contributed by atoms with van der Waals surface area (Å²) in [4.78, 5) is 26.4. The van der Waals surface area contributed by atoms with Crippen molar-refractivity contribution >= 4 is 48.4 Å². The topological polar surface area (TPSA) is 118 Å². The number of furan rings is 1. The van der Waals surface area contributed by atoms with Crippen molar-refractivity contribution in [1.82, 2.24) is 19.6 Å². The van der Waals surface area contributed by atoms with Crippen LogP contribution in [0.3, 0.4) is 0 Å². The molecule has 1 fully saturated rings. The van der Waals surface area contributed by atoms with Gasteiger partial charge in [0.15, 0.2) is 5.13 Å². The zero-order chi connectivity index (χ0) is 25.8. The monoisotopic (exact) mass is 539 g/mol. The Balaban J connectivity index is 1.40. The van der Waals surface area contributed by atoms with Gasteiger partial charge in [0.25, 0.3) is 0 Å². The number of likely N-dealkylation sites (tertiary alicyclic amines) is 1. The second-order valence-corrected chi connectivity index (χ2v) is 12.0. The Hall–Kier alpha value is -3.48. The fourth-order valence-corrected chi connectivity index (χ4v) is 7.12. The number of fused-ring (bicyclic) bond motifs is 3. The fourth-order valence-electron chi connectivity index (χ4n) is 5.16. The van der Waals surface area contributed by atoms with Crippen molar-refractivity contribution in [3.05, 3.63) is 60.1 Å². The molecule has 1 unspecified atom stereocenters. The molecule has 6 rings (SSSR count). The third kappa shape index (κ3) is 4.14. The molecule has 0 radical (unpaired) electrons. The molecule has 0 bridgehead atoms. The van der Waals surface area contributed by atoms with E-state index in [0.29, 0.717) is 31.3 Å². The van der Waals surface area contributed by atoms with Gasteiger partial charge in [-0.15, -0.1) is 0 Å². The molecule has 1 saturated heterocycles. The number of hydrogen-bond acceptors (Lipinski definition) is 9. The molecule has 12 heteroatoms. The number of benzene rings is 1. The van der Waals surface area contributed by atoms with Crippen molar-refractivity contribution in [2.24, 2.45) is 0 Å². The molecule has 1 atom stereocenters. The van der Waals surface area contributed by atoms with E-state index in [1.165, 1.54) is 17.6 Å². The van der Waals surface area contributed by atoms with E-state index in [1.807, 2.05) is 17.0 Å². The summed E-state index contributed by atoms with van der Waals surface area (Å²) in [6.45, 7) is 3.36. The van der Waals surface area contributed by atoms with E-state index in [1.54, 1.807) is 44.4 Å². The lowest BCUT2D eigenvalue weighted by Crippen LogP contribution is -2.36. The van der Waals surface area contributed by atoms with Crippen LogP contribution in [0.15, 0.2) is 58.0 Å². The van der Waals surface area contributed by atoms with Gasteiger partial charge in [-0.3, -0.25) is 4.79 Å². The van der Waals surface area contributed by atoms with Crippen molar-refractivity contribution in [1.29, 1.82) is 0 Å². The van der Waals surface area contributed by atoms with Gasteiger partial charge in [-0.1, -0.05) is 11.3 Å². The molecular weight excluding hydrogens is 514 g/mol. The summed E-state index contributed by atoms with van der Waals surface area (Å²) in [7, 11) is -2.21. The number of pyridine rings is 1. The van der Waals surface area contributed by atoms with Gasteiger partial charge >= 0.3 is 0 Å².